The van der Waals surface area contributed by atoms with Crippen molar-refractivity contribution in [1.29, 1.82) is 0 Å². The van der Waals surface area contributed by atoms with E-state index in [2.05, 4.69) is 6.92 Å². The molecular formula is C14H31NO3. The van der Waals surface area contributed by atoms with Crippen LogP contribution in [0, 0.1) is 0 Å². The molecule has 110 valence electrons. The molecule has 1 atom stereocenters. The van der Waals surface area contributed by atoms with Gasteiger partial charge in [0.1, 0.15) is 0 Å². The maximum Gasteiger partial charge on any atom is 0.0543 e. The maximum atomic E-state index is 10.2. The topological polar surface area (TPSA) is 96.9 Å². The Kier molecular flexibility index (Phi) is 15.8. The lowest BCUT2D eigenvalue weighted by molar-refractivity contribution is -0.306. The van der Waals surface area contributed by atoms with Crippen LogP contribution in [0.2, 0.25) is 0 Å². The predicted octanol–water partition coefficient (Wildman–Crippen LogP) is 2.78. The highest BCUT2D eigenvalue weighted by Crippen LogP contribution is 2.12. The van der Waals surface area contributed by atoms with E-state index < -0.39 is 12.1 Å². The summed E-state index contributed by atoms with van der Waals surface area (Å²) in [7, 11) is 0. The van der Waals surface area contributed by atoms with E-state index in [1.807, 2.05) is 0 Å². The summed E-state index contributed by atoms with van der Waals surface area (Å²) in [6, 6.07) is 0. The average molecular weight is 261 g/mol. The van der Waals surface area contributed by atoms with Crippen molar-refractivity contribution in [3.63, 3.8) is 0 Å². The number of hydrogen-bond donors (Lipinski definition) is 2. The molecular weight excluding hydrogens is 230 g/mol. The van der Waals surface area contributed by atoms with Gasteiger partial charge in [-0.25, -0.2) is 0 Å². The molecule has 0 saturated heterocycles. The van der Waals surface area contributed by atoms with Crippen molar-refractivity contribution in [2.24, 2.45) is 0 Å². The van der Waals surface area contributed by atoms with Crippen LogP contribution in [-0.2, 0) is 4.79 Å². The highest BCUT2D eigenvalue weighted by atomic mass is 16.4. The van der Waals surface area contributed by atoms with E-state index in [-0.39, 0.29) is 12.6 Å². The number of unbranched alkanes of at least 4 members (excludes halogenated alkanes) is 7. The predicted molar refractivity (Wildman–Crippen MR) is 73.5 cm³/mol. The first-order valence-electron chi connectivity index (χ1n) is 7.04. The fourth-order valence-electron chi connectivity index (χ4n) is 1.94. The molecule has 5 N–H and O–H groups in total. The zero-order valence-corrected chi connectivity index (χ0v) is 12.1. The molecule has 18 heavy (non-hydrogen) atoms. The third kappa shape index (κ3) is 15.4. The molecule has 0 aromatic carbocycles. The average Bonchev–Trinajstić information content (AvgIpc) is 2.30. The van der Waals surface area contributed by atoms with Gasteiger partial charge in [-0.05, 0) is 19.3 Å². The zero-order valence-electron chi connectivity index (χ0n) is 12.1. The minimum absolute atomic E-state index is 0. The van der Waals surface area contributed by atoms with Gasteiger partial charge in [0.15, 0.2) is 0 Å². The first-order chi connectivity index (χ1) is 8.16. The molecule has 4 nitrogen and oxygen atoms in total. The Balaban J connectivity index is 0. The van der Waals surface area contributed by atoms with Crippen molar-refractivity contribution in [2.75, 3.05) is 0 Å². The van der Waals surface area contributed by atoms with Crippen LogP contribution in [0.3, 0.4) is 0 Å². The summed E-state index contributed by atoms with van der Waals surface area (Å²) in [5, 5.41) is 19.7. The number of hydrogen-bond acceptors (Lipinski definition) is 3. The third-order valence-electron chi connectivity index (χ3n) is 3.07. The van der Waals surface area contributed by atoms with Crippen LogP contribution < -0.4 is 11.3 Å². The second-order valence-electron chi connectivity index (χ2n) is 4.83. The van der Waals surface area contributed by atoms with Gasteiger partial charge >= 0.3 is 0 Å². The van der Waals surface area contributed by atoms with Crippen molar-refractivity contribution in [1.82, 2.24) is 6.15 Å². The van der Waals surface area contributed by atoms with Crippen molar-refractivity contribution < 1.29 is 15.0 Å². The standard InChI is InChI=1S/C14H28O3.H3N/c1-2-3-4-5-6-7-8-9-10-13(15)11-12-14(16)17;/h13,15H,2-12H2,1H3,(H,16,17);1H3. The molecule has 0 rings (SSSR count). The normalized spacial score (nSPS) is 11.9. The molecule has 0 spiro atoms. The first-order valence-corrected chi connectivity index (χ1v) is 7.04. The van der Waals surface area contributed by atoms with Gasteiger partial charge in [0, 0.05) is 5.97 Å². The molecule has 0 amide bonds. The molecule has 0 aromatic heterocycles. The largest absolute Gasteiger partial charge is 0.550 e. The van der Waals surface area contributed by atoms with Gasteiger partial charge in [-0.1, -0.05) is 58.3 Å². The van der Waals surface area contributed by atoms with E-state index >= 15 is 0 Å². The number of carboxylic acids is 1. The lowest BCUT2D eigenvalue weighted by Gasteiger charge is -2.10. The second-order valence-corrected chi connectivity index (χ2v) is 4.83. The summed E-state index contributed by atoms with van der Waals surface area (Å²) >= 11 is 0. The quantitative estimate of drug-likeness (QED) is 0.528. The number of aliphatic carboxylic acids is 1. The molecule has 0 bridgehead atoms. The Bertz CT molecular complexity index is 186. The van der Waals surface area contributed by atoms with E-state index in [4.69, 9.17) is 0 Å². The Labute approximate surface area is 111 Å². The lowest BCUT2D eigenvalue weighted by Crippen LogP contribution is -2.23. The van der Waals surface area contributed by atoms with Crippen LogP contribution in [0.1, 0.15) is 77.6 Å². The van der Waals surface area contributed by atoms with E-state index in [1.54, 1.807) is 0 Å². The number of quaternary nitrogens is 1. The number of carbonyl (C=O) groups excluding carboxylic acids is 1. The number of carbonyl (C=O) groups is 1. The van der Waals surface area contributed by atoms with Gasteiger partial charge < -0.3 is 21.2 Å². The summed E-state index contributed by atoms with van der Waals surface area (Å²) in [6.45, 7) is 2.22. The van der Waals surface area contributed by atoms with Crippen LogP contribution in [-0.4, -0.2) is 17.2 Å². The smallest absolute Gasteiger partial charge is 0.0543 e. The van der Waals surface area contributed by atoms with Crippen LogP contribution in [0.4, 0.5) is 0 Å². The molecule has 0 fully saturated rings. The minimum atomic E-state index is -1.07. The summed E-state index contributed by atoms with van der Waals surface area (Å²) in [5.74, 6) is -1.07. The summed E-state index contributed by atoms with van der Waals surface area (Å²) in [5.41, 5.74) is 0. The number of aliphatic hydroxyl groups excluding tert-OH is 1. The van der Waals surface area contributed by atoms with Crippen molar-refractivity contribution >= 4 is 5.97 Å². The van der Waals surface area contributed by atoms with Crippen molar-refractivity contribution in [2.45, 2.75) is 83.7 Å². The lowest BCUT2D eigenvalue weighted by atomic mass is 10.0. The third-order valence-corrected chi connectivity index (χ3v) is 3.07. The first kappa shape index (κ1) is 19.7. The molecule has 0 aromatic rings. The molecule has 4 heteroatoms. The SMILES string of the molecule is CCCCCCCCCCC(O)CCC(=O)[O-].[NH4+]. The van der Waals surface area contributed by atoms with Gasteiger partial charge in [0.2, 0.25) is 0 Å². The van der Waals surface area contributed by atoms with Crippen molar-refractivity contribution in [3.05, 3.63) is 0 Å². The number of carboxylic acid groups (broad SMARTS) is 1. The number of rotatable bonds is 12. The molecule has 0 heterocycles. The van der Waals surface area contributed by atoms with Crippen LogP contribution in [0.5, 0.6) is 0 Å². The molecule has 0 radical (unpaired) electrons. The minimum Gasteiger partial charge on any atom is -0.550 e. The van der Waals surface area contributed by atoms with Crippen LogP contribution in [0.15, 0.2) is 0 Å². The van der Waals surface area contributed by atoms with Crippen LogP contribution in [0.25, 0.3) is 0 Å². The summed E-state index contributed by atoms with van der Waals surface area (Å²) in [6.07, 6.45) is 10.5. The highest BCUT2D eigenvalue weighted by molar-refractivity contribution is 5.64. The molecule has 1 unspecified atom stereocenters. The Morgan fingerprint density at radius 3 is 2.00 bits per heavy atom. The van der Waals surface area contributed by atoms with Gasteiger partial charge in [0.05, 0.1) is 6.10 Å². The van der Waals surface area contributed by atoms with Crippen LogP contribution >= 0.6 is 0 Å². The summed E-state index contributed by atoms with van der Waals surface area (Å²) in [4.78, 5) is 10.2. The highest BCUT2D eigenvalue weighted by Gasteiger charge is 2.03. The van der Waals surface area contributed by atoms with Gasteiger partial charge in [0.25, 0.3) is 0 Å². The van der Waals surface area contributed by atoms with E-state index in [0.717, 1.165) is 19.3 Å². The number of aliphatic hydroxyl groups is 1. The van der Waals surface area contributed by atoms with Gasteiger partial charge in [-0.15, -0.1) is 0 Å². The monoisotopic (exact) mass is 261 g/mol. The molecule has 0 saturated carbocycles. The Hall–Kier alpha value is -0.610. The van der Waals surface area contributed by atoms with E-state index in [1.165, 1.54) is 38.5 Å². The van der Waals surface area contributed by atoms with Gasteiger partial charge in [-0.2, -0.15) is 0 Å². The zero-order chi connectivity index (χ0) is 12.9. The molecule has 0 aliphatic carbocycles. The van der Waals surface area contributed by atoms with E-state index in [0.29, 0.717) is 6.42 Å². The molecule has 0 aliphatic heterocycles. The maximum absolute atomic E-state index is 10.2. The fourth-order valence-corrected chi connectivity index (χ4v) is 1.94. The second kappa shape index (κ2) is 14.5. The van der Waals surface area contributed by atoms with Gasteiger partial charge in [-0.3, -0.25) is 0 Å². The Morgan fingerprint density at radius 2 is 1.50 bits per heavy atom. The van der Waals surface area contributed by atoms with Crippen molar-refractivity contribution in [3.8, 4) is 0 Å². The molecule has 0 aliphatic rings. The Morgan fingerprint density at radius 1 is 1.00 bits per heavy atom. The summed E-state index contributed by atoms with van der Waals surface area (Å²) < 4.78 is 0. The fraction of sp³-hybridized carbons (Fsp3) is 0.929. The van der Waals surface area contributed by atoms with E-state index in [9.17, 15) is 15.0 Å².